The second kappa shape index (κ2) is 8.09. The van der Waals surface area contributed by atoms with Crippen LogP contribution in [0.25, 0.3) is 0 Å². The van der Waals surface area contributed by atoms with Gasteiger partial charge in [0, 0.05) is 19.8 Å². The Morgan fingerprint density at radius 3 is 2.42 bits per heavy atom. The second-order valence-corrected chi connectivity index (χ2v) is 4.14. The molecule has 1 aromatic carbocycles. The summed E-state index contributed by atoms with van der Waals surface area (Å²) in [6.07, 6.45) is 0.371. The predicted molar refractivity (Wildman–Crippen MR) is 71.8 cm³/mol. The number of hydrogen-bond donors (Lipinski definition) is 1. The van der Waals surface area contributed by atoms with Crippen molar-refractivity contribution in [1.82, 2.24) is 5.32 Å². The maximum Gasteiger partial charge on any atom is 0.176 e. The summed E-state index contributed by atoms with van der Waals surface area (Å²) >= 11 is 0. The molecule has 1 N–H and O–H groups in total. The van der Waals surface area contributed by atoms with E-state index in [0.29, 0.717) is 5.56 Å². The Balaban J connectivity index is 3.08. The lowest BCUT2D eigenvalue weighted by atomic mass is 10.0. The van der Waals surface area contributed by atoms with E-state index in [1.165, 1.54) is 21.3 Å². The smallest absolute Gasteiger partial charge is 0.176 e. The predicted octanol–water partition coefficient (Wildman–Crippen LogP) is 2.49. The third kappa shape index (κ3) is 3.89. The van der Waals surface area contributed by atoms with E-state index < -0.39 is 12.1 Å². The van der Waals surface area contributed by atoms with E-state index in [2.05, 4.69) is 5.32 Å². The molecule has 0 amide bonds. The van der Waals surface area contributed by atoms with Crippen LogP contribution < -0.4 is 10.1 Å². The molecule has 0 radical (unpaired) electrons. The molecule has 1 atom stereocenters. The Morgan fingerprint density at radius 1 is 1.21 bits per heavy atom. The quantitative estimate of drug-likeness (QED) is 0.737. The first-order valence-corrected chi connectivity index (χ1v) is 6.30. The lowest BCUT2D eigenvalue weighted by molar-refractivity contribution is -0.124. The van der Waals surface area contributed by atoms with E-state index in [1.807, 2.05) is 6.92 Å². The van der Waals surface area contributed by atoms with Gasteiger partial charge in [0.25, 0.3) is 0 Å². The van der Waals surface area contributed by atoms with Crippen LogP contribution in [0.2, 0.25) is 0 Å². The Labute approximate surface area is 113 Å². The van der Waals surface area contributed by atoms with Gasteiger partial charge in [-0.25, -0.2) is 4.39 Å². The minimum absolute atomic E-state index is 0.215. The van der Waals surface area contributed by atoms with Gasteiger partial charge in [-0.2, -0.15) is 0 Å². The summed E-state index contributed by atoms with van der Waals surface area (Å²) in [5, 5.41) is 3.23. The Bertz CT molecular complexity index is 383. The molecule has 19 heavy (non-hydrogen) atoms. The Hall–Kier alpha value is -1.17. The molecule has 0 aliphatic carbocycles. The van der Waals surface area contributed by atoms with Gasteiger partial charge in [-0.1, -0.05) is 19.1 Å². The topological polar surface area (TPSA) is 39.7 Å². The van der Waals surface area contributed by atoms with Crippen molar-refractivity contribution in [2.45, 2.75) is 25.7 Å². The van der Waals surface area contributed by atoms with E-state index in [-0.39, 0.29) is 11.8 Å². The molecule has 5 heteroatoms. The van der Waals surface area contributed by atoms with Crippen molar-refractivity contribution in [2.24, 2.45) is 0 Å². The first-order chi connectivity index (χ1) is 9.19. The van der Waals surface area contributed by atoms with E-state index in [9.17, 15) is 4.39 Å². The van der Waals surface area contributed by atoms with E-state index in [4.69, 9.17) is 14.2 Å². The summed E-state index contributed by atoms with van der Waals surface area (Å²) in [5.74, 6) is -0.176. The van der Waals surface area contributed by atoms with Crippen LogP contribution in [0.4, 0.5) is 4.39 Å². The van der Waals surface area contributed by atoms with E-state index >= 15 is 0 Å². The zero-order valence-electron chi connectivity index (χ0n) is 11.9. The van der Waals surface area contributed by atoms with Crippen LogP contribution in [0.1, 0.15) is 24.9 Å². The van der Waals surface area contributed by atoms with Crippen molar-refractivity contribution in [2.75, 3.05) is 27.9 Å². The highest BCUT2D eigenvalue weighted by Gasteiger charge is 2.26. The summed E-state index contributed by atoms with van der Waals surface area (Å²) < 4.78 is 29.8. The van der Waals surface area contributed by atoms with Crippen molar-refractivity contribution < 1.29 is 18.6 Å². The molecule has 0 aromatic heterocycles. The van der Waals surface area contributed by atoms with Crippen LogP contribution in [0.5, 0.6) is 5.75 Å². The van der Waals surface area contributed by atoms with Gasteiger partial charge in [0.1, 0.15) is 0 Å². The average molecular weight is 271 g/mol. The lowest BCUT2D eigenvalue weighted by Crippen LogP contribution is -2.35. The summed E-state index contributed by atoms with van der Waals surface area (Å²) in [6.45, 7) is 2.78. The largest absolute Gasteiger partial charge is 0.494 e. The monoisotopic (exact) mass is 271 g/mol. The zero-order chi connectivity index (χ0) is 14.3. The molecule has 0 heterocycles. The number of benzene rings is 1. The third-order valence-corrected chi connectivity index (χ3v) is 2.90. The summed E-state index contributed by atoms with van der Waals surface area (Å²) in [6, 6.07) is 4.66. The fourth-order valence-electron chi connectivity index (χ4n) is 1.95. The number of hydrogen-bond acceptors (Lipinski definition) is 4. The molecule has 4 nitrogen and oxygen atoms in total. The average Bonchev–Trinajstić information content (AvgIpc) is 2.44. The van der Waals surface area contributed by atoms with Gasteiger partial charge in [0.2, 0.25) is 0 Å². The number of rotatable bonds is 8. The summed E-state index contributed by atoms with van der Waals surface area (Å²) in [5.41, 5.74) is 0.474. The fourth-order valence-corrected chi connectivity index (χ4v) is 1.95. The first kappa shape index (κ1) is 15.9. The summed E-state index contributed by atoms with van der Waals surface area (Å²) in [7, 11) is 4.51. The van der Waals surface area contributed by atoms with E-state index in [1.54, 1.807) is 18.2 Å². The van der Waals surface area contributed by atoms with Crippen molar-refractivity contribution in [3.05, 3.63) is 29.6 Å². The molecule has 1 rings (SSSR count). The third-order valence-electron chi connectivity index (χ3n) is 2.90. The first-order valence-electron chi connectivity index (χ1n) is 6.30. The Kier molecular flexibility index (Phi) is 6.77. The number of halogens is 1. The highest BCUT2D eigenvalue weighted by molar-refractivity contribution is 5.33. The molecule has 0 saturated heterocycles. The molecule has 0 aliphatic rings. The molecular formula is C14H22FNO3. The van der Waals surface area contributed by atoms with Crippen molar-refractivity contribution in [3.63, 3.8) is 0 Å². The highest BCUT2D eigenvalue weighted by atomic mass is 19.1. The molecule has 108 valence electrons. The lowest BCUT2D eigenvalue weighted by Gasteiger charge is -2.26. The van der Waals surface area contributed by atoms with Crippen LogP contribution in [-0.2, 0) is 9.47 Å². The van der Waals surface area contributed by atoms with Crippen LogP contribution in [-0.4, -0.2) is 34.2 Å². The summed E-state index contributed by atoms with van der Waals surface area (Å²) in [4.78, 5) is 0. The number of ether oxygens (including phenoxy) is 3. The molecule has 0 aliphatic heterocycles. The molecule has 0 spiro atoms. The molecular weight excluding hydrogens is 249 g/mol. The molecule has 1 unspecified atom stereocenters. The zero-order valence-corrected chi connectivity index (χ0v) is 11.9. The van der Waals surface area contributed by atoms with Gasteiger partial charge < -0.3 is 19.5 Å². The molecule has 0 saturated carbocycles. The van der Waals surface area contributed by atoms with E-state index in [0.717, 1.165) is 13.0 Å². The van der Waals surface area contributed by atoms with Gasteiger partial charge >= 0.3 is 0 Å². The van der Waals surface area contributed by atoms with Crippen LogP contribution in [0.3, 0.4) is 0 Å². The standard InChI is InChI=1S/C14H22FNO3/c1-5-9-16-13(14(18-3)19-4)10-7-6-8-11(17-2)12(10)15/h6-8,13-14,16H,5,9H2,1-4H3. The van der Waals surface area contributed by atoms with Gasteiger partial charge in [0.05, 0.1) is 13.2 Å². The Morgan fingerprint density at radius 2 is 1.89 bits per heavy atom. The molecule has 1 aromatic rings. The van der Waals surface area contributed by atoms with Crippen LogP contribution in [0, 0.1) is 5.82 Å². The normalized spacial score (nSPS) is 12.7. The van der Waals surface area contributed by atoms with Crippen LogP contribution in [0.15, 0.2) is 18.2 Å². The highest BCUT2D eigenvalue weighted by Crippen LogP contribution is 2.28. The van der Waals surface area contributed by atoms with Gasteiger partial charge in [-0.3, -0.25) is 0 Å². The second-order valence-electron chi connectivity index (χ2n) is 4.14. The number of nitrogens with one attached hydrogen (secondary N) is 1. The van der Waals surface area contributed by atoms with Crippen molar-refractivity contribution in [1.29, 1.82) is 0 Å². The van der Waals surface area contributed by atoms with Crippen molar-refractivity contribution >= 4 is 0 Å². The van der Waals surface area contributed by atoms with Crippen LogP contribution >= 0.6 is 0 Å². The van der Waals surface area contributed by atoms with Gasteiger partial charge in [-0.15, -0.1) is 0 Å². The molecule has 0 bridgehead atoms. The van der Waals surface area contributed by atoms with Gasteiger partial charge in [-0.05, 0) is 19.0 Å². The minimum Gasteiger partial charge on any atom is -0.494 e. The fraction of sp³-hybridized carbons (Fsp3) is 0.571. The minimum atomic E-state index is -0.562. The number of methoxy groups -OCH3 is 3. The van der Waals surface area contributed by atoms with Gasteiger partial charge in [0.15, 0.2) is 17.9 Å². The SMILES string of the molecule is CCCNC(c1cccc(OC)c1F)C(OC)OC. The van der Waals surface area contributed by atoms with Crippen molar-refractivity contribution in [3.8, 4) is 5.75 Å². The maximum atomic E-state index is 14.3. The maximum absolute atomic E-state index is 14.3. The molecule has 0 fully saturated rings.